The molecule has 0 saturated heterocycles. The van der Waals surface area contributed by atoms with Gasteiger partial charge in [0.2, 0.25) is 0 Å². The van der Waals surface area contributed by atoms with Crippen molar-refractivity contribution >= 4 is 23.3 Å². The van der Waals surface area contributed by atoms with Crippen molar-refractivity contribution in [2.75, 3.05) is 18.9 Å². The lowest BCUT2D eigenvalue weighted by molar-refractivity contribution is -0.384. The van der Waals surface area contributed by atoms with Crippen LogP contribution in [0, 0.1) is 21.4 Å². The van der Waals surface area contributed by atoms with E-state index in [1.807, 2.05) is 36.4 Å². The number of nitro groups is 1. The molecule has 0 bridgehead atoms. The van der Waals surface area contributed by atoms with Crippen molar-refractivity contribution in [1.82, 2.24) is 4.90 Å². The fraction of sp³-hybridized carbons (Fsp3) is 0.286. The fourth-order valence-corrected chi connectivity index (χ4v) is 2.67. The smallest absolute Gasteiger partial charge is 0.341 e. The molecule has 156 valence electrons. The summed E-state index contributed by atoms with van der Waals surface area (Å²) >= 11 is 0. The maximum absolute atomic E-state index is 12.7. The molecule has 0 fully saturated rings. The van der Waals surface area contributed by atoms with E-state index in [1.165, 1.54) is 31.0 Å². The lowest BCUT2D eigenvalue weighted by Crippen LogP contribution is -2.38. The second kappa shape index (κ2) is 10.6. The van der Waals surface area contributed by atoms with Gasteiger partial charge in [0.25, 0.3) is 11.6 Å². The minimum absolute atomic E-state index is 0.0422. The fourth-order valence-electron chi connectivity index (χ4n) is 2.67. The molecule has 1 amide bonds. The number of non-ortho nitro benzene ring substituents is 1. The van der Waals surface area contributed by atoms with Gasteiger partial charge in [-0.15, -0.1) is 0 Å². The molecular formula is C21H22N4O5. The summed E-state index contributed by atoms with van der Waals surface area (Å²) in [7, 11) is 1.50. The number of carbonyl (C=O) groups is 2. The molecule has 0 saturated carbocycles. The van der Waals surface area contributed by atoms with Crippen molar-refractivity contribution < 1.29 is 19.2 Å². The minimum Gasteiger partial charge on any atom is -0.449 e. The SMILES string of the molecule is C[C@@H](OC(=O)c1cc([N+](=O)[O-])ccc1NCc1ccccc1)C(=O)N(C)CCC#N. The molecule has 1 atom stereocenters. The van der Waals surface area contributed by atoms with E-state index >= 15 is 0 Å². The number of ether oxygens (including phenoxy) is 1. The van der Waals surface area contributed by atoms with Gasteiger partial charge in [0.05, 0.1) is 23.0 Å². The molecular weight excluding hydrogens is 388 g/mol. The zero-order valence-electron chi connectivity index (χ0n) is 16.7. The summed E-state index contributed by atoms with van der Waals surface area (Å²) in [6.07, 6.45) is -0.955. The zero-order chi connectivity index (χ0) is 22.1. The van der Waals surface area contributed by atoms with Crippen LogP contribution in [-0.2, 0) is 16.1 Å². The number of rotatable bonds is 9. The average Bonchev–Trinajstić information content (AvgIpc) is 2.75. The number of nitriles is 1. The third kappa shape index (κ3) is 6.04. The molecule has 2 aromatic carbocycles. The summed E-state index contributed by atoms with van der Waals surface area (Å²) in [5.74, 6) is -1.33. The van der Waals surface area contributed by atoms with Crippen LogP contribution in [0.3, 0.4) is 0 Å². The maximum atomic E-state index is 12.7. The second-order valence-corrected chi connectivity index (χ2v) is 6.54. The van der Waals surface area contributed by atoms with E-state index in [4.69, 9.17) is 10.00 Å². The van der Waals surface area contributed by atoms with Crippen molar-refractivity contribution in [3.05, 3.63) is 69.8 Å². The first-order valence-corrected chi connectivity index (χ1v) is 9.22. The average molecular weight is 410 g/mol. The van der Waals surface area contributed by atoms with Gasteiger partial charge in [-0.2, -0.15) is 5.26 Å². The van der Waals surface area contributed by atoms with Crippen molar-refractivity contribution in [2.45, 2.75) is 26.0 Å². The van der Waals surface area contributed by atoms with Gasteiger partial charge in [0, 0.05) is 38.0 Å². The summed E-state index contributed by atoms with van der Waals surface area (Å²) in [5, 5.41) is 22.8. The number of nitrogens with one attached hydrogen (secondary N) is 1. The topological polar surface area (TPSA) is 126 Å². The van der Waals surface area contributed by atoms with Gasteiger partial charge in [0.1, 0.15) is 0 Å². The van der Waals surface area contributed by atoms with E-state index in [0.717, 1.165) is 11.6 Å². The molecule has 2 aromatic rings. The van der Waals surface area contributed by atoms with Crippen molar-refractivity contribution in [3.8, 4) is 6.07 Å². The van der Waals surface area contributed by atoms with Gasteiger partial charge in [-0.25, -0.2) is 4.79 Å². The molecule has 1 N–H and O–H groups in total. The van der Waals surface area contributed by atoms with Crippen LogP contribution in [-0.4, -0.2) is 41.4 Å². The molecule has 30 heavy (non-hydrogen) atoms. The molecule has 0 heterocycles. The maximum Gasteiger partial charge on any atom is 0.341 e. The Morgan fingerprint density at radius 3 is 2.60 bits per heavy atom. The standard InChI is InChI=1S/C21H22N4O5/c1-15(20(26)24(2)12-6-11-22)30-21(27)18-13-17(25(28)29)9-10-19(18)23-14-16-7-4-3-5-8-16/h3-5,7-10,13,15,23H,6,12,14H2,1-2H3/t15-/m1/s1. The van der Waals surface area contributed by atoms with Gasteiger partial charge in [-0.1, -0.05) is 30.3 Å². The number of hydrogen-bond donors (Lipinski definition) is 1. The first-order chi connectivity index (χ1) is 14.3. The van der Waals surface area contributed by atoms with E-state index in [-0.39, 0.29) is 24.2 Å². The Labute approximate surface area is 174 Å². The first-order valence-electron chi connectivity index (χ1n) is 9.22. The molecule has 9 heteroatoms. The van der Waals surface area contributed by atoms with Gasteiger partial charge < -0.3 is 15.0 Å². The molecule has 0 aliphatic heterocycles. The highest BCUT2D eigenvalue weighted by atomic mass is 16.6. The molecule has 0 spiro atoms. The number of nitrogens with zero attached hydrogens (tertiary/aromatic N) is 3. The summed E-state index contributed by atoms with van der Waals surface area (Å²) in [4.78, 5) is 36.8. The number of carbonyl (C=O) groups excluding carboxylic acids is 2. The Morgan fingerprint density at radius 1 is 1.27 bits per heavy atom. The highest BCUT2D eigenvalue weighted by Crippen LogP contribution is 2.24. The Balaban J connectivity index is 2.18. The number of amides is 1. The van der Waals surface area contributed by atoms with Crippen LogP contribution in [0.15, 0.2) is 48.5 Å². The van der Waals surface area contributed by atoms with Crippen LogP contribution in [0.1, 0.15) is 29.3 Å². The van der Waals surface area contributed by atoms with Crippen molar-refractivity contribution in [2.24, 2.45) is 0 Å². The molecule has 0 aliphatic rings. The van der Waals surface area contributed by atoms with Gasteiger partial charge in [-0.05, 0) is 18.6 Å². The Hall–Kier alpha value is -3.93. The van der Waals surface area contributed by atoms with Crippen molar-refractivity contribution in [3.63, 3.8) is 0 Å². The summed E-state index contributed by atoms with van der Waals surface area (Å²) in [6.45, 7) is 2.01. The van der Waals surface area contributed by atoms with E-state index in [2.05, 4.69) is 5.32 Å². The third-order valence-electron chi connectivity index (χ3n) is 4.33. The lowest BCUT2D eigenvalue weighted by Gasteiger charge is -2.21. The predicted molar refractivity (Wildman–Crippen MR) is 110 cm³/mol. The summed E-state index contributed by atoms with van der Waals surface area (Å²) in [6, 6.07) is 15.2. The van der Waals surface area contributed by atoms with Gasteiger partial charge in [0.15, 0.2) is 6.10 Å². The lowest BCUT2D eigenvalue weighted by atomic mass is 10.1. The van der Waals surface area contributed by atoms with Crippen molar-refractivity contribution in [1.29, 1.82) is 5.26 Å². The highest BCUT2D eigenvalue weighted by Gasteiger charge is 2.25. The monoisotopic (exact) mass is 410 g/mol. The normalized spacial score (nSPS) is 11.1. The van der Waals surface area contributed by atoms with Crippen LogP contribution in [0.2, 0.25) is 0 Å². The van der Waals surface area contributed by atoms with E-state index in [0.29, 0.717) is 12.2 Å². The summed E-state index contributed by atoms with van der Waals surface area (Å²) < 4.78 is 5.25. The second-order valence-electron chi connectivity index (χ2n) is 6.54. The van der Waals surface area contributed by atoms with Crippen LogP contribution in [0.5, 0.6) is 0 Å². The molecule has 0 unspecified atom stereocenters. The molecule has 0 aromatic heterocycles. The molecule has 0 radical (unpaired) electrons. The van der Waals surface area contributed by atoms with E-state index in [1.54, 1.807) is 0 Å². The van der Waals surface area contributed by atoms with Gasteiger partial charge >= 0.3 is 5.97 Å². The Kier molecular flexibility index (Phi) is 7.88. The number of hydrogen-bond acceptors (Lipinski definition) is 7. The number of anilines is 1. The Bertz CT molecular complexity index is 956. The zero-order valence-corrected chi connectivity index (χ0v) is 16.7. The highest BCUT2D eigenvalue weighted by molar-refractivity contribution is 5.98. The molecule has 9 nitrogen and oxygen atoms in total. The van der Waals surface area contributed by atoms with Crippen LogP contribution < -0.4 is 5.32 Å². The van der Waals surface area contributed by atoms with Crippen LogP contribution >= 0.6 is 0 Å². The minimum atomic E-state index is -1.11. The largest absolute Gasteiger partial charge is 0.449 e. The molecule has 0 aliphatic carbocycles. The van der Waals surface area contributed by atoms with E-state index < -0.39 is 22.9 Å². The van der Waals surface area contributed by atoms with Gasteiger partial charge in [-0.3, -0.25) is 14.9 Å². The van der Waals surface area contributed by atoms with Crippen LogP contribution in [0.25, 0.3) is 0 Å². The van der Waals surface area contributed by atoms with E-state index in [9.17, 15) is 19.7 Å². The Morgan fingerprint density at radius 2 is 1.97 bits per heavy atom. The predicted octanol–water partition coefficient (Wildman–Crippen LogP) is 3.12. The number of esters is 1. The molecule has 2 rings (SSSR count). The number of likely N-dealkylation sites (N-methyl/N-ethyl adjacent to an activating group) is 1. The quantitative estimate of drug-likeness (QED) is 0.382. The third-order valence-corrected chi connectivity index (χ3v) is 4.33. The van der Waals surface area contributed by atoms with Crippen LogP contribution in [0.4, 0.5) is 11.4 Å². The number of nitro benzene ring substituents is 1. The summed E-state index contributed by atoms with van der Waals surface area (Å²) in [5.41, 5.74) is 1.00. The first kappa shape index (κ1) is 22.4. The number of benzene rings is 2.